The van der Waals surface area contributed by atoms with Gasteiger partial charge >= 0.3 is 0 Å². The van der Waals surface area contributed by atoms with Crippen molar-refractivity contribution in [1.82, 2.24) is 10.2 Å². The van der Waals surface area contributed by atoms with Gasteiger partial charge in [0.2, 0.25) is 0 Å². The molecule has 0 aliphatic carbocycles. The van der Waals surface area contributed by atoms with Crippen LogP contribution < -0.4 is 5.32 Å². The van der Waals surface area contributed by atoms with Crippen LogP contribution in [0, 0.1) is 5.82 Å². The Morgan fingerprint density at radius 2 is 2.10 bits per heavy atom. The summed E-state index contributed by atoms with van der Waals surface area (Å²) in [7, 11) is 0. The minimum atomic E-state index is -0.411. The van der Waals surface area contributed by atoms with Crippen molar-refractivity contribution >= 4 is 18.5 Å². The molecule has 20 heavy (non-hydrogen) atoms. The van der Waals surface area contributed by atoms with Crippen molar-refractivity contribution in [2.45, 2.75) is 37.1 Å². The Balaban J connectivity index is 1.87. The van der Waals surface area contributed by atoms with Crippen LogP contribution in [0.5, 0.6) is 0 Å². The minimum absolute atomic E-state index is 0.0778. The quantitative estimate of drug-likeness (QED) is 0.837. The molecule has 1 amide bonds. The van der Waals surface area contributed by atoms with E-state index in [4.69, 9.17) is 0 Å². The van der Waals surface area contributed by atoms with Crippen LogP contribution in [0.4, 0.5) is 4.39 Å². The fourth-order valence-corrected chi connectivity index (χ4v) is 2.75. The SMILES string of the molecule is CC(CN1CCCCC1)NC(=O)c1ccc(F)c(S)c1. The average Bonchev–Trinajstić information content (AvgIpc) is 2.42. The van der Waals surface area contributed by atoms with Crippen molar-refractivity contribution in [3.63, 3.8) is 0 Å². The molecule has 1 N–H and O–H groups in total. The number of thiol groups is 1. The maximum atomic E-state index is 13.1. The summed E-state index contributed by atoms with van der Waals surface area (Å²) in [6.45, 7) is 5.08. The third-order valence-corrected chi connectivity index (χ3v) is 3.91. The van der Waals surface area contributed by atoms with Crippen molar-refractivity contribution in [3.05, 3.63) is 29.6 Å². The molecule has 0 radical (unpaired) electrons. The van der Waals surface area contributed by atoms with E-state index in [1.807, 2.05) is 6.92 Å². The molecule has 0 bridgehead atoms. The van der Waals surface area contributed by atoms with Gasteiger partial charge in [0, 0.05) is 23.0 Å². The van der Waals surface area contributed by atoms with Gasteiger partial charge in [-0.25, -0.2) is 4.39 Å². The van der Waals surface area contributed by atoms with Crippen molar-refractivity contribution in [2.24, 2.45) is 0 Å². The van der Waals surface area contributed by atoms with E-state index in [1.54, 1.807) is 0 Å². The summed E-state index contributed by atoms with van der Waals surface area (Å²) >= 11 is 4.00. The highest BCUT2D eigenvalue weighted by atomic mass is 32.1. The number of hydrogen-bond acceptors (Lipinski definition) is 3. The largest absolute Gasteiger partial charge is 0.348 e. The third-order valence-electron chi connectivity index (χ3n) is 3.57. The van der Waals surface area contributed by atoms with Crippen LogP contribution in [-0.2, 0) is 0 Å². The molecule has 1 aliphatic rings. The maximum absolute atomic E-state index is 13.1. The standard InChI is InChI=1S/C15H21FN2OS/c1-11(10-18-7-3-2-4-8-18)17-15(19)12-5-6-13(16)14(20)9-12/h5-6,9,11,20H,2-4,7-8,10H2,1H3,(H,17,19). The number of nitrogens with zero attached hydrogens (tertiary/aromatic N) is 1. The predicted molar refractivity (Wildman–Crippen MR) is 80.9 cm³/mol. The van der Waals surface area contributed by atoms with E-state index in [-0.39, 0.29) is 16.8 Å². The molecular formula is C15H21FN2OS. The van der Waals surface area contributed by atoms with Gasteiger partial charge in [0.25, 0.3) is 5.91 Å². The van der Waals surface area contributed by atoms with Crippen LogP contribution in [0.2, 0.25) is 0 Å². The summed E-state index contributed by atoms with van der Waals surface area (Å²) in [5, 5.41) is 2.95. The van der Waals surface area contributed by atoms with Gasteiger partial charge in [-0.15, -0.1) is 12.6 Å². The number of benzene rings is 1. The van der Waals surface area contributed by atoms with Gasteiger partial charge < -0.3 is 10.2 Å². The molecule has 1 unspecified atom stereocenters. The van der Waals surface area contributed by atoms with Gasteiger partial charge in [-0.3, -0.25) is 4.79 Å². The molecule has 5 heteroatoms. The van der Waals surface area contributed by atoms with E-state index >= 15 is 0 Å². The molecule has 1 atom stereocenters. The summed E-state index contributed by atoms with van der Waals surface area (Å²) in [6.07, 6.45) is 3.78. The molecule has 0 aromatic heterocycles. The maximum Gasteiger partial charge on any atom is 0.251 e. The molecule has 0 spiro atoms. The first-order valence-corrected chi connectivity index (χ1v) is 7.52. The fraction of sp³-hybridized carbons (Fsp3) is 0.533. The van der Waals surface area contributed by atoms with Gasteiger partial charge in [-0.05, 0) is 51.1 Å². The van der Waals surface area contributed by atoms with Gasteiger partial charge in [0.1, 0.15) is 5.82 Å². The Labute approximate surface area is 125 Å². The summed E-state index contributed by atoms with van der Waals surface area (Å²) < 4.78 is 13.1. The monoisotopic (exact) mass is 296 g/mol. The Morgan fingerprint density at radius 3 is 2.75 bits per heavy atom. The first-order chi connectivity index (χ1) is 9.56. The van der Waals surface area contributed by atoms with Gasteiger partial charge in [0.15, 0.2) is 0 Å². The lowest BCUT2D eigenvalue weighted by Crippen LogP contribution is -2.43. The summed E-state index contributed by atoms with van der Waals surface area (Å²) in [5.74, 6) is -0.587. The summed E-state index contributed by atoms with van der Waals surface area (Å²) in [6, 6.07) is 4.29. The minimum Gasteiger partial charge on any atom is -0.348 e. The molecule has 0 saturated carbocycles. The van der Waals surface area contributed by atoms with Crippen molar-refractivity contribution in [3.8, 4) is 0 Å². The molecule has 1 aliphatic heterocycles. The molecule has 110 valence electrons. The lowest BCUT2D eigenvalue weighted by molar-refractivity contribution is 0.0925. The van der Waals surface area contributed by atoms with Crippen LogP contribution in [0.1, 0.15) is 36.5 Å². The second-order valence-corrected chi connectivity index (χ2v) is 5.88. The molecule has 1 saturated heterocycles. The molecule has 3 nitrogen and oxygen atoms in total. The lowest BCUT2D eigenvalue weighted by Gasteiger charge is -2.29. The zero-order chi connectivity index (χ0) is 14.5. The second kappa shape index (κ2) is 7.09. The summed E-state index contributed by atoms with van der Waals surface area (Å²) in [5.41, 5.74) is 0.446. The fourth-order valence-electron chi connectivity index (χ4n) is 2.54. The third kappa shape index (κ3) is 4.21. The second-order valence-electron chi connectivity index (χ2n) is 5.40. The van der Waals surface area contributed by atoms with Gasteiger partial charge in [-0.1, -0.05) is 6.42 Å². The van der Waals surface area contributed by atoms with Crippen molar-refractivity contribution in [1.29, 1.82) is 0 Å². The first-order valence-electron chi connectivity index (χ1n) is 7.08. The Hall–Kier alpha value is -1.07. The lowest BCUT2D eigenvalue weighted by atomic mass is 10.1. The average molecular weight is 296 g/mol. The number of piperidine rings is 1. The number of hydrogen-bond donors (Lipinski definition) is 2. The van der Waals surface area contributed by atoms with E-state index in [0.717, 1.165) is 19.6 Å². The zero-order valence-corrected chi connectivity index (χ0v) is 12.6. The van der Waals surface area contributed by atoms with Crippen molar-refractivity contribution < 1.29 is 9.18 Å². The number of halogens is 1. The first kappa shape index (κ1) is 15.3. The van der Waals surface area contributed by atoms with Crippen LogP contribution in [0.3, 0.4) is 0 Å². The molecule has 1 aromatic carbocycles. The highest BCUT2D eigenvalue weighted by Crippen LogP contribution is 2.14. The molecule has 1 heterocycles. The van der Waals surface area contributed by atoms with E-state index in [1.165, 1.54) is 37.5 Å². The Morgan fingerprint density at radius 1 is 1.40 bits per heavy atom. The van der Waals surface area contributed by atoms with Crippen LogP contribution in [-0.4, -0.2) is 36.5 Å². The van der Waals surface area contributed by atoms with Gasteiger partial charge in [-0.2, -0.15) is 0 Å². The van der Waals surface area contributed by atoms with E-state index in [0.29, 0.717) is 5.56 Å². The summed E-state index contributed by atoms with van der Waals surface area (Å²) in [4.78, 5) is 14.6. The number of nitrogens with one attached hydrogen (secondary N) is 1. The van der Waals surface area contributed by atoms with E-state index in [2.05, 4.69) is 22.8 Å². The molecule has 1 fully saturated rings. The van der Waals surface area contributed by atoms with Crippen LogP contribution >= 0.6 is 12.6 Å². The number of carbonyl (C=O) groups excluding carboxylic acids is 1. The van der Waals surface area contributed by atoms with Crippen LogP contribution in [0.25, 0.3) is 0 Å². The number of rotatable bonds is 4. The smallest absolute Gasteiger partial charge is 0.251 e. The number of carbonyl (C=O) groups is 1. The number of likely N-dealkylation sites (tertiary alicyclic amines) is 1. The predicted octanol–water partition coefficient (Wildman–Crippen LogP) is 2.72. The molecular weight excluding hydrogens is 275 g/mol. The Kier molecular flexibility index (Phi) is 5.43. The zero-order valence-electron chi connectivity index (χ0n) is 11.7. The Bertz CT molecular complexity index is 475. The highest BCUT2D eigenvalue weighted by Gasteiger charge is 2.16. The van der Waals surface area contributed by atoms with E-state index in [9.17, 15) is 9.18 Å². The highest BCUT2D eigenvalue weighted by molar-refractivity contribution is 7.80. The topological polar surface area (TPSA) is 32.3 Å². The van der Waals surface area contributed by atoms with Gasteiger partial charge in [0.05, 0.1) is 0 Å². The van der Waals surface area contributed by atoms with Crippen molar-refractivity contribution in [2.75, 3.05) is 19.6 Å². The number of amides is 1. The normalized spacial score (nSPS) is 17.8. The molecule has 2 rings (SSSR count). The van der Waals surface area contributed by atoms with Crippen LogP contribution in [0.15, 0.2) is 23.1 Å². The van der Waals surface area contributed by atoms with E-state index < -0.39 is 5.82 Å². The molecule has 1 aromatic rings.